The molecular weight excluding hydrogens is 224 g/mol. The van der Waals surface area contributed by atoms with Crippen LogP contribution >= 0.6 is 0 Å². The lowest BCUT2D eigenvalue weighted by Gasteiger charge is -2.24. The first kappa shape index (κ1) is 14.3. The molecule has 3 N–H and O–H groups in total. The average Bonchev–Trinajstić information content (AvgIpc) is 3.20. The lowest BCUT2D eigenvalue weighted by molar-refractivity contribution is 0.192. The number of rotatable bonds is 10. The zero-order chi connectivity index (χ0) is 13.0. The summed E-state index contributed by atoms with van der Waals surface area (Å²) in [5.74, 6) is 2.00. The van der Waals surface area contributed by atoms with E-state index in [2.05, 4.69) is 4.90 Å². The Hall–Kier alpha value is -0.120. The second kappa shape index (κ2) is 6.36. The van der Waals surface area contributed by atoms with Crippen molar-refractivity contribution in [3.8, 4) is 0 Å². The molecule has 0 spiro atoms. The lowest BCUT2D eigenvalue weighted by atomic mass is 9.97. The molecule has 2 saturated carbocycles. The van der Waals surface area contributed by atoms with Gasteiger partial charge in [0.15, 0.2) is 0 Å². The Balaban J connectivity index is 1.58. The van der Waals surface area contributed by atoms with E-state index in [0.29, 0.717) is 0 Å². The molecule has 1 unspecified atom stereocenters. The molecule has 0 heterocycles. The first-order valence-electron chi connectivity index (χ1n) is 7.71. The zero-order valence-electron chi connectivity index (χ0n) is 11.9. The third-order valence-electron chi connectivity index (χ3n) is 4.26. The van der Waals surface area contributed by atoms with Crippen LogP contribution in [0.5, 0.6) is 0 Å². The van der Waals surface area contributed by atoms with Crippen LogP contribution in [0.2, 0.25) is 0 Å². The summed E-state index contributed by atoms with van der Waals surface area (Å²) in [6.45, 7) is 5.93. The van der Waals surface area contributed by atoms with Crippen molar-refractivity contribution in [2.45, 2.75) is 57.4 Å². The summed E-state index contributed by atoms with van der Waals surface area (Å²) in [5.41, 5.74) is 5.57. The summed E-state index contributed by atoms with van der Waals surface area (Å²) in [6.07, 6.45) is 9.11. The van der Waals surface area contributed by atoms with Gasteiger partial charge in [0.2, 0.25) is 0 Å². The molecule has 0 aromatic carbocycles. The fraction of sp³-hybridized carbons (Fsp3) is 1.00. The molecule has 0 aromatic heterocycles. The van der Waals surface area contributed by atoms with Gasteiger partial charge >= 0.3 is 0 Å². The van der Waals surface area contributed by atoms with Crippen LogP contribution < -0.4 is 5.73 Å². The van der Waals surface area contributed by atoms with E-state index in [-0.39, 0.29) is 12.1 Å². The molecular formula is C15H30N2O. The number of aliphatic hydroxyl groups is 1. The molecule has 2 rings (SSSR count). The number of aliphatic hydroxyl groups excluding tert-OH is 1. The minimum absolute atomic E-state index is 0.0981. The molecule has 1 atom stereocenters. The van der Waals surface area contributed by atoms with E-state index >= 15 is 0 Å². The Morgan fingerprint density at radius 2 is 1.67 bits per heavy atom. The first-order valence-corrected chi connectivity index (χ1v) is 7.71. The topological polar surface area (TPSA) is 49.5 Å². The summed E-state index contributed by atoms with van der Waals surface area (Å²) in [6, 6.07) is 0. The maximum absolute atomic E-state index is 9.12. The zero-order valence-corrected chi connectivity index (χ0v) is 11.9. The first-order chi connectivity index (χ1) is 8.59. The molecule has 3 heteroatoms. The smallest absolute Gasteiger partial charge is 0.0608 e. The Morgan fingerprint density at radius 1 is 1.11 bits per heavy atom. The van der Waals surface area contributed by atoms with Crippen LogP contribution in [0, 0.1) is 11.8 Å². The number of nitrogens with two attached hydrogens (primary N) is 1. The molecule has 2 aliphatic rings. The molecule has 3 nitrogen and oxygen atoms in total. The van der Waals surface area contributed by atoms with E-state index in [1.807, 2.05) is 6.92 Å². The van der Waals surface area contributed by atoms with E-state index in [1.165, 1.54) is 51.7 Å². The number of unbranched alkanes of at least 4 members (excludes halogenated alkanes) is 1. The van der Waals surface area contributed by atoms with Crippen molar-refractivity contribution in [1.82, 2.24) is 4.90 Å². The highest BCUT2D eigenvalue weighted by atomic mass is 16.3. The Kier molecular flexibility index (Phi) is 5.05. The number of nitrogens with zero attached hydrogens (tertiary/aromatic N) is 1. The number of hydrogen-bond donors (Lipinski definition) is 2. The summed E-state index contributed by atoms with van der Waals surface area (Å²) in [7, 11) is 0. The molecule has 2 aliphatic carbocycles. The number of hydrogen-bond acceptors (Lipinski definition) is 3. The SMILES string of the molecule is CC(N)(CO)CCCCN(CC1CC1)CC1CC1. The quantitative estimate of drug-likeness (QED) is 0.586. The van der Waals surface area contributed by atoms with E-state index in [1.54, 1.807) is 0 Å². The van der Waals surface area contributed by atoms with Gasteiger partial charge in [-0.2, -0.15) is 0 Å². The minimum Gasteiger partial charge on any atom is -0.394 e. The van der Waals surface area contributed by atoms with Gasteiger partial charge in [0.1, 0.15) is 0 Å². The maximum Gasteiger partial charge on any atom is 0.0608 e. The lowest BCUT2D eigenvalue weighted by Crippen LogP contribution is -2.40. The van der Waals surface area contributed by atoms with Crippen molar-refractivity contribution in [1.29, 1.82) is 0 Å². The van der Waals surface area contributed by atoms with Gasteiger partial charge in [-0.1, -0.05) is 6.42 Å². The molecule has 0 bridgehead atoms. The van der Waals surface area contributed by atoms with Crippen molar-refractivity contribution < 1.29 is 5.11 Å². The van der Waals surface area contributed by atoms with Gasteiger partial charge in [-0.3, -0.25) is 0 Å². The van der Waals surface area contributed by atoms with Gasteiger partial charge in [-0.15, -0.1) is 0 Å². The molecule has 2 fully saturated rings. The van der Waals surface area contributed by atoms with Gasteiger partial charge in [-0.25, -0.2) is 0 Å². The predicted octanol–water partition coefficient (Wildman–Crippen LogP) is 1.99. The van der Waals surface area contributed by atoms with Crippen molar-refractivity contribution >= 4 is 0 Å². The average molecular weight is 254 g/mol. The summed E-state index contributed by atoms with van der Waals surface area (Å²) in [4.78, 5) is 2.68. The third kappa shape index (κ3) is 5.68. The van der Waals surface area contributed by atoms with Crippen LogP contribution in [0.25, 0.3) is 0 Å². The highest BCUT2D eigenvalue weighted by Gasteiger charge is 2.28. The van der Waals surface area contributed by atoms with Crippen molar-refractivity contribution in [3.05, 3.63) is 0 Å². The van der Waals surface area contributed by atoms with Crippen LogP contribution in [0.15, 0.2) is 0 Å². The summed E-state index contributed by atoms with van der Waals surface area (Å²) < 4.78 is 0. The van der Waals surface area contributed by atoms with Crippen LogP contribution in [0.1, 0.15) is 51.9 Å². The molecule has 18 heavy (non-hydrogen) atoms. The minimum atomic E-state index is -0.377. The van der Waals surface area contributed by atoms with Gasteiger partial charge < -0.3 is 15.7 Å². The van der Waals surface area contributed by atoms with Crippen LogP contribution in [0.4, 0.5) is 0 Å². The summed E-state index contributed by atoms with van der Waals surface area (Å²) in [5, 5.41) is 9.12. The van der Waals surface area contributed by atoms with Gasteiger partial charge in [0.25, 0.3) is 0 Å². The van der Waals surface area contributed by atoms with E-state index < -0.39 is 0 Å². The molecule has 0 aliphatic heterocycles. The maximum atomic E-state index is 9.12. The largest absolute Gasteiger partial charge is 0.394 e. The van der Waals surface area contributed by atoms with E-state index in [4.69, 9.17) is 10.8 Å². The molecule has 0 saturated heterocycles. The summed E-state index contributed by atoms with van der Waals surface area (Å²) >= 11 is 0. The van der Waals surface area contributed by atoms with Gasteiger partial charge in [0, 0.05) is 18.6 Å². The molecule has 0 radical (unpaired) electrons. The molecule has 0 amide bonds. The van der Waals surface area contributed by atoms with Gasteiger partial charge in [-0.05, 0) is 63.8 Å². The second-order valence-corrected chi connectivity index (χ2v) is 6.92. The van der Waals surface area contributed by atoms with Gasteiger partial charge in [0.05, 0.1) is 6.61 Å². The van der Waals surface area contributed by atoms with E-state index in [9.17, 15) is 0 Å². The highest BCUT2D eigenvalue weighted by molar-refractivity contribution is 4.82. The van der Waals surface area contributed by atoms with Crippen LogP contribution in [-0.4, -0.2) is 41.8 Å². The van der Waals surface area contributed by atoms with Crippen LogP contribution in [0.3, 0.4) is 0 Å². The normalized spacial score (nSPS) is 23.3. The monoisotopic (exact) mass is 254 g/mol. The fourth-order valence-electron chi connectivity index (χ4n) is 2.53. The fourth-order valence-corrected chi connectivity index (χ4v) is 2.53. The third-order valence-corrected chi connectivity index (χ3v) is 4.26. The predicted molar refractivity (Wildman–Crippen MR) is 75.4 cm³/mol. The Labute approximate surface area is 112 Å². The Morgan fingerprint density at radius 3 is 2.11 bits per heavy atom. The van der Waals surface area contributed by atoms with Crippen molar-refractivity contribution in [2.75, 3.05) is 26.2 Å². The van der Waals surface area contributed by atoms with E-state index in [0.717, 1.165) is 24.7 Å². The van der Waals surface area contributed by atoms with Crippen molar-refractivity contribution in [2.24, 2.45) is 17.6 Å². The Bertz CT molecular complexity index is 233. The molecule has 0 aromatic rings. The highest BCUT2D eigenvalue weighted by Crippen LogP contribution is 2.33. The van der Waals surface area contributed by atoms with Crippen molar-refractivity contribution in [3.63, 3.8) is 0 Å². The standard InChI is InChI=1S/C15H30N2O/c1-15(16,12-18)8-2-3-9-17(10-13-4-5-13)11-14-6-7-14/h13-14,18H,2-12,16H2,1H3. The van der Waals surface area contributed by atoms with Crippen LogP contribution in [-0.2, 0) is 0 Å². The molecule has 106 valence electrons. The second-order valence-electron chi connectivity index (χ2n) is 6.92.